The van der Waals surface area contributed by atoms with E-state index < -0.39 is 0 Å². The van der Waals surface area contributed by atoms with Gasteiger partial charge in [0.2, 0.25) is 0 Å². The first-order valence-corrected chi connectivity index (χ1v) is 12.4. The van der Waals surface area contributed by atoms with E-state index in [0.29, 0.717) is 31.0 Å². The first-order valence-electron chi connectivity index (χ1n) is 12.0. The van der Waals surface area contributed by atoms with Crippen molar-refractivity contribution in [2.24, 2.45) is 0 Å². The third kappa shape index (κ3) is 6.20. The van der Waals surface area contributed by atoms with Gasteiger partial charge in [-0.25, -0.2) is 0 Å². The summed E-state index contributed by atoms with van der Waals surface area (Å²) in [6, 6.07) is 22.6. The molecule has 1 aliphatic rings. The summed E-state index contributed by atoms with van der Waals surface area (Å²) >= 11 is 5.32. The zero-order chi connectivity index (χ0) is 25.5. The first-order chi connectivity index (χ1) is 17.4. The molecule has 0 aliphatic carbocycles. The number of piperazine rings is 1. The van der Waals surface area contributed by atoms with Crippen LogP contribution in [0, 0.1) is 6.92 Å². The van der Waals surface area contributed by atoms with E-state index in [1.54, 1.807) is 24.3 Å². The van der Waals surface area contributed by atoms with Gasteiger partial charge in [0.15, 0.2) is 5.11 Å². The maximum Gasteiger partial charge on any atom is 0.257 e. The van der Waals surface area contributed by atoms with Gasteiger partial charge in [-0.1, -0.05) is 24.3 Å². The molecule has 0 aromatic heterocycles. The number of amides is 2. The van der Waals surface area contributed by atoms with E-state index in [-0.39, 0.29) is 16.9 Å². The van der Waals surface area contributed by atoms with Crippen LogP contribution in [0.2, 0.25) is 0 Å². The Bertz CT molecular complexity index is 1240. The molecule has 1 fully saturated rings. The molecule has 2 N–H and O–H groups in total. The van der Waals surface area contributed by atoms with E-state index in [1.807, 2.05) is 67.3 Å². The number of hydrogen-bond acceptors (Lipinski definition) is 5. The Hall–Kier alpha value is -3.91. The van der Waals surface area contributed by atoms with Gasteiger partial charge in [-0.15, -0.1) is 0 Å². The maximum atomic E-state index is 12.9. The molecule has 0 bridgehead atoms. The quantitative estimate of drug-likeness (QED) is 0.484. The van der Waals surface area contributed by atoms with Crippen LogP contribution in [-0.2, 0) is 0 Å². The largest absolute Gasteiger partial charge is 0.494 e. The Kier molecular flexibility index (Phi) is 8.17. The number of rotatable bonds is 6. The molecule has 0 spiro atoms. The van der Waals surface area contributed by atoms with Gasteiger partial charge in [0.1, 0.15) is 5.75 Å². The number of anilines is 2. The lowest BCUT2D eigenvalue weighted by molar-refractivity contribution is 0.0746. The summed E-state index contributed by atoms with van der Waals surface area (Å²) in [7, 11) is 0. The summed E-state index contributed by atoms with van der Waals surface area (Å²) < 4.78 is 5.45. The van der Waals surface area contributed by atoms with Crippen molar-refractivity contribution >= 4 is 40.5 Å². The monoisotopic (exact) mass is 502 g/mol. The zero-order valence-corrected chi connectivity index (χ0v) is 21.3. The molecule has 186 valence electrons. The maximum absolute atomic E-state index is 12.9. The Morgan fingerprint density at radius 3 is 2.36 bits per heavy atom. The molecule has 0 unspecified atom stereocenters. The fraction of sp³-hybridized carbons (Fsp3) is 0.250. The predicted octanol–water partition coefficient (Wildman–Crippen LogP) is 4.48. The molecule has 2 amide bonds. The van der Waals surface area contributed by atoms with Crippen LogP contribution < -0.4 is 20.3 Å². The minimum atomic E-state index is -0.302. The van der Waals surface area contributed by atoms with E-state index in [2.05, 4.69) is 15.5 Å². The Morgan fingerprint density at radius 2 is 1.67 bits per heavy atom. The number of nitrogens with one attached hydrogen (secondary N) is 2. The topological polar surface area (TPSA) is 73.9 Å². The number of hydrogen-bond donors (Lipinski definition) is 2. The van der Waals surface area contributed by atoms with E-state index >= 15 is 0 Å². The Balaban J connectivity index is 1.28. The summed E-state index contributed by atoms with van der Waals surface area (Å²) in [5, 5.41) is 5.98. The van der Waals surface area contributed by atoms with Gasteiger partial charge in [0.05, 0.1) is 6.61 Å². The molecule has 3 aromatic rings. The molecule has 0 atom stereocenters. The van der Waals surface area contributed by atoms with Crippen LogP contribution in [0.15, 0.2) is 72.8 Å². The molecule has 1 saturated heterocycles. The average molecular weight is 503 g/mol. The smallest absolute Gasteiger partial charge is 0.257 e. The molecular formula is C28H30N4O3S. The highest BCUT2D eigenvalue weighted by Crippen LogP contribution is 2.21. The molecule has 3 aromatic carbocycles. The van der Waals surface area contributed by atoms with Crippen LogP contribution in [0.4, 0.5) is 11.4 Å². The molecular weight excluding hydrogens is 472 g/mol. The molecule has 0 saturated carbocycles. The number of thiocarbonyl (C=S) groups is 1. The second kappa shape index (κ2) is 11.7. The summed E-state index contributed by atoms with van der Waals surface area (Å²) in [6.07, 6.45) is 0. The number of carbonyl (C=O) groups is 2. The van der Waals surface area contributed by atoms with Crippen molar-refractivity contribution in [1.29, 1.82) is 0 Å². The standard InChI is InChI=1S/C28H30N4O3S/c1-3-35-24-9-6-8-21(19-24)26(33)30-28(36)29-22-11-13-23(14-12-22)31-15-17-32(18-16-31)27(34)25-10-5-4-7-20(25)2/h4-14,19H,3,15-18H2,1-2H3,(H2,29,30,33,36). The van der Waals surface area contributed by atoms with Gasteiger partial charge in [0, 0.05) is 48.7 Å². The van der Waals surface area contributed by atoms with E-state index in [9.17, 15) is 9.59 Å². The third-order valence-electron chi connectivity index (χ3n) is 6.07. The van der Waals surface area contributed by atoms with Crippen LogP contribution in [-0.4, -0.2) is 54.6 Å². The van der Waals surface area contributed by atoms with Crippen LogP contribution in [0.5, 0.6) is 5.75 Å². The summed E-state index contributed by atoms with van der Waals surface area (Å²) in [5.41, 5.74) is 4.10. The van der Waals surface area contributed by atoms with Crippen molar-refractivity contribution in [2.75, 3.05) is 43.0 Å². The lowest BCUT2D eigenvalue weighted by atomic mass is 10.1. The van der Waals surface area contributed by atoms with Crippen LogP contribution in [0.3, 0.4) is 0 Å². The highest BCUT2D eigenvalue weighted by molar-refractivity contribution is 7.80. The van der Waals surface area contributed by atoms with E-state index in [4.69, 9.17) is 17.0 Å². The van der Waals surface area contributed by atoms with Crippen molar-refractivity contribution in [2.45, 2.75) is 13.8 Å². The average Bonchev–Trinajstić information content (AvgIpc) is 2.89. The highest BCUT2D eigenvalue weighted by Gasteiger charge is 2.23. The Labute approximate surface area is 217 Å². The molecule has 7 nitrogen and oxygen atoms in total. The SMILES string of the molecule is CCOc1cccc(C(=O)NC(=S)Nc2ccc(N3CCN(C(=O)c4ccccc4C)CC3)cc2)c1. The number of aryl methyl sites for hydroxylation is 1. The number of carbonyl (C=O) groups excluding carboxylic acids is 2. The van der Waals surface area contributed by atoms with Gasteiger partial charge in [-0.2, -0.15) is 0 Å². The van der Waals surface area contributed by atoms with Gasteiger partial charge in [-0.05, 0) is 80.2 Å². The minimum Gasteiger partial charge on any atom is -0.494 e. The second-order valence-corrected chi connectivity index (χ2v) is 8.92. The van der Waals surface area contributed by atoms with Gasteiger partial charge in [0.25, 0.3) is 11.8 Å². The fourth-order valence-electron chi connectivity index (χ4n) is 4.14. The van der Waals surface area contributed by atoms with Crippen LogP contribution in [0.25, 0.3) is 0 Å². The van der Waals surface area contributed by atoms with Crippen molar-refractivity contribution in [1.82, 2.24) is 10.2 Å². The molecule has 36 heavy (non-hydrogen) atoms. The van der Waals surface area contributed by atoms with Gasteiger partial charge >= 0.3 is 0 Å². The molecule has 8 heteroatoms. The van der Waals surface area contributed by atoms with E-state index in [0.717, 1.165) is 35.6 Å². The summed E-state index contributed by atoms with van der Waals surface area (Å²) in [5.74, 6) is 0.427. The fourth-order valence-corrected chi connectivity index (χ4v) is 4.35. The molecule has 0 radical (unpaired) electrons. The summed E-state index contributed by atoms with van der Waals surface area (Å²) in [4.78, 5) is 29.6. The van der Waals surface area contributed by atoms with Crippen molar-refractivity contribution < 1.29 is 14.3 Å². The second-order valence-electron chi connectivity index (χ2n) is 8.51. The first kappa shape index (κ1) is 25.2. The highest BCUT2D eigenvalue weighted by atomic mass is 32.1. The minimum absolute atomic E-state index is 0.0903. The molecule has 4 rings (SSSR count). The lowest BCUT2D eigenvalue weighted by Crippen LogP contribution is -2.48. The number of benzene rings is 3. The van der Waals surface area contributed by atoms with E-state index in [1.165, 1.54) is 0 Å². The third-order valence-corrected chi connectivity index (χ3v) is 6.27. The van der Waals surface area contributed by atoms with Crippen LogP contribution >= 0.6 is 12.2 Å². The normalized spacial score (nSPS) is 13.2. The van der Waals surface area contributed by atoms with Gasteiger partial charge in [-0.3, -0.25) is 14.9 Å². The van der Waals surface area contributed by atoms with Crippen molar-refractivity contribution in [3.63, 3.8) is 0 Å². The lowest BCUT2D eigenvalue weighted by Gasteiger charge is -2.36. The summed E-state index contributed by atoms with van der Waals surface area (Å²) in [6.45, 7) is 7.27. The van der Waals surface area contributed by atoms with Crippen molar-refractivity contribution in [3.05, 3.63) is 89.5 Å². The zero-order valence-electron chi connectivity index (χ0n) is 20.5. The number of nitrogens with zero attached hydrogens (tertiary/aromatic N) is 2. The van der Waals surface area contributed by atoms with Crippen LogP contribution in [0.1, 0.15) is 33.2 Å². The molecule has 1 aliphatic heterocycles. The van der Waals surface area contributed by atoms with Crippen molar-refractivity contribution in [3.8, 4) is 5.75 Å². The van der Waals surface area contributed by atoms with Gasteiger partial charge < -0.3 is 19.9 Å². The number of ether oxygens (including phenoxy) is 1. The molecule has 1 heterocycles. The Morgan fingerprint density at radius 1 is 0.944 bits per heavy atom. The predicted molar refractivity (Wildman–Crippen MR) is 147 cm³/mol.